The molecule has 1 saturated heterocycles. The van der Waals surface area contributed by atoms with Gasteiger partial charge in [-0.05, 0) is 13.3 Å². The van der Waals surface area contributed by atoms with E-state index in [1.165, 1.54) is 0 Å². The summed E-state index contributed by atoms with van der Waals surface area (Å²) < 4.78 is 27.8. The third-order valence-electron chi connectivity index (χ3n) is 2.95. The number of aromatic nitrogens is 1. The molecule has 0 radical (unpaired) electrons. The zero-order valence-corrected chi connectivity index (χ0v) is 10.2. The van der Waals surface area contributed by atoms with E-state index in [4.69, 9.17) is 9.63 Å². The van der Waals surface area contributed by atoms with E-state index in [1.807, 2.05) is 0 Å². The third-order valence-corrected chi connectivity index (χ3v) is 4.71. The lowest BCUT2D eigenvalue weighted by Gasteiger charge is -2.04. The zero-order chi connectivity index (χ0) is 12.6. The molecule has 1 N–H and O–H groups in total. The van der Waals surface area contributed by atoms with Gasteiger partial charge in [0.1, 0.15) is 5.76 Å². The molecule has 6 nitrogen and oxygen atoms in total. The van der Waals surface area contributed by atoms with E-state index in [0.29, 0.717) is 23.4 Å². The molecule has 0 amide bonds. The number of aliphatic carboxylic acids is 1. The molecule has 0 aliphatic carbocycles. The summed E-state index contributed by atoms with van der Waals surface area (Å²) >= 11 is 0. The van der Waals surface area contributed by atoms with Gasteiger partial charge in [-0.25, -0.2) is 8.42 Å². The Morgan fingerprint density at radius 2 is 2.29 bits per heavy atom. The smallest absolute Gasteiger partial charge is 0.308 e. The number of carboxylic acids is 1. The first-order valence-electron chi connectivity index (χ1n) is 5.26. The van der Waals surface area contributed by atoms with Crippen molar-refractivity contribution < 1.29 is 22.8 Å². The van der Waals surface area contributed by atoms with Crippen molar-refractivity contribution in [2.75, 3.05) is 11.5 Å². The average molecular weight is 259 g/mol. The second-order valence-electron chi connectivity index (χ2n) is 4.28. The van der Waals surface area contributed by atoms with Crippen molar-refractivity contribution in [1.29, 1.82) is 0 Å². The summed E-state index contributed by atoms with van der Waals surface area (Å²) in [4.78, 5) is 10.7. The van der Waals surface area contributed by atoms with Gasteiger partial charge < -0.3 is 9.63 Å². The van der Waals surface area contributed by atoms with Crippen LogP contribution in [0.3, 0.4) is 0 Å². The van der Waals surface area contributed by atoms with E-state index in [2.05, 4.69) is 5.16 Å². The van der Waals surface area contributed by atoms with Crippen LogP contribution in [0.25, 0.3) is 0 Å². The highest BCUT2D eigenvalue weighted by atomic mass is 32.2. The molecule has 0 bridgehead atoms. The predicted octanol–water partition coefficient (Wildman–Crippen LogP) is 0.512. The van der Waals surface area contributed by atoms with Crippen molar-refractivity contribution in [3.8, 4) is 0 Å². The van der Waals surface area contributed by atoms with Crippen molar-refractivity contribution in [3.63, 3.8) is 0 Å². The van der Waals surface area contributed by atoms with E-state index in [1.54, 1.807) is 6.92 Å². The topological polar surface area (TPSA) is 97.5 Å². The Balaban J connectivity index is 2.30. The van der Waals surface area contributed by atoms with Crippen LogP contribution < -0.4 is 0 Å². The second-order valence-corrected chi connectivity index (χ2v) is 6.51. The third kappa shape index (κ3) is 2.49. The van der Waals surface area contributed by atoms with Crippen LogP contribution in [0.2, 0.25) is 0 Å². The van der Waals surface area contributed by atoms with Crippen molar-refractivity contribution in [2.45, 2.75) is 25.7 Å². The molecule has 1 unspecified atom stereocenters. The number of carbonyl (C=O) groups is 1. The van der Waals surface area contributed by atoms with Gasteiger partial charge in [0, 0.05) is 11.5 Å². The van der Waals surface area contributed by atoms with E-state index >= 15 is 0 Å². The summed E-state index contributed by atoms with van der Waals surface area (Å²) in [6.07, 6.45) is 0.296. The molecule has 1 atom stereocenters. The Labute approximate surface area is 98.5 Å². The number of nitrogens with zero attached hydrogens (tertiary/aromatic N) is 1. The summed E-state index contributed by atoms with van der Waals surface area (Å²) in [5, 5.41) is 12.5. The van der Waals surface area contributed by atoms with Crippen LogP contribution in [0.1, 0.15) is 29.4 Å². The minimum Gasteiger partial charge on any atom is -0.481 e. The highest BCUT2D eigenvalue weighted by molar-refractivity contribution is 7.91. The van der Waals surface area contributed by atoms with Crippen LogP contribution in [0, 0.1) is 6.92 Å². The molecule has 1 aliphatic heterocycles. The normalized spacial score (nSPS) is 22.8. The summed E-state index contributed by atoms with van der Waals surface area (Å²) in [6.45, 7) is 1.66. The molecular formula is C10H13NO5S. The molecule has 17 heavy (non-hydrogen) atoms. The molecular weight excluding hydrogens is 246 g/mol. The molecule has 2 heterocycles. The Morgan fingerprint density at radius 3 is 2.82 bits per heavy atom. The first-order chi connectivity index (χ1) is 7.89. The molecule has 0 saturated carbocycles. The van der Waals surface area contributed by atoms with Gasteiger partial charge in [0.25, 0.3) is 0 Å². The quantitative estimate of drug-likeness (QED) is 0.849. The van der Waals surface area contributed by atoms with Gasteiger partial charge in [-0.2, -0.15) is 0 Å². The fraction of sp³-hybridized carbons (Fsp3) is 0.600. The van der Waals surface area contributed by atoms with Crippen LogP contribution in [0.5, 0.6) is 0 Å². The minimum absolute atomic E-state index is 0.0221. The maximum Gasteiger partial charge on any atom is 0.308 e. The molecule has 1 aliphatic rings. The van der Waals surface area contributed by atoms with Gasteiger partial charge in [-0.1, -0.05) is 5.16 Å². The highest BCUT2D eigenvalue weighted by Gasteiger charge is 2.34. The Hall–Kier alpha value is -1.37. The standard InChI is InChI=1S/C10H13NO5S/c1-6-8(4-9(12)13)10(16-11-6)7-2-3-17(14,15)5-7/h7H,2-5H2,1H3,(H,12,13). The maximum atomic E-state index is 11.4. The number of aryl methyl sites for hydroxylation is 1. The number of rotatable bonds is 3. The van der Waals surface area contributed by atoms with E-state index < -0.39 is 15.8 Å². The summed E-state index contributed by atoms with van der Waals surface area (Å²) in [7, 11) is -3.01. The lowest BCUT2D eigenvalue weighted by atomic mass is 9.99. The fourth-order valence-corrected chi connectivity index (χ4v) is 3.84. The van der Waals surface area contributed by atoms with Crippen LogP contribution >= 0.6 is 0 Å². The lowest BCUT2D eigenvalue weighted by molar-refractivity contribution is -0.136. The van der Waals surface area contributed by atoms with Crippen molar-refractivity contribution in [2.24, 2.45) is 0 Å². The van der Waals surface area contributed by atoms with Crippen LogP contribution in [-0.2, 0) is 21.1 Å². The Morgan fingerprint density at radius 1 is 1.59 bits per heavy atom. The minimum atomic E-state index is -3.01. The van der Waals surface area contributed by atoms with Gasteiger partial charge in [-0.15, -0.1) is 0 Å². The number of carboxylic acid groups (broad SMARTS) is 1. The van der Waals surface area contributed by atoms with E-state index in [9.17, 15) is 13.2 Å². The first kappa shape index (κ1) is 12.1. The molecule has 0 aromatic carbocycles. The van der Waals surface area contributed by atoms with Gasteiger partial charge in [0.2, 0.25) is 0 Å². The molecule has 1 aromatic heterocycles. The van der Waals surface area contributed by atoms with Gasteiger partial charge in [-0.3, -0.25) is 4.79 Å². The van der Waals surface area contributed by atoms with Crippen LogP contribution in [0.15, 0.2) is 4.52 Å². The first-order valence-corrected chi connectivity index (χ1v) is 7.08. The van der Waals surface area contributed by atoms with Crippen LogP contribution in [0.4, 0.5) is 0 Å². The van der Waals surface area contributed by atoms with E-state index in [0.717, 1.165) is 0 Å². The SMILES string of the molecule is Cc1noc(C2CCS(=O)(=O)C2)c1CC(=O)O. The molecule has 7 heteroatoms. The summed E-state index contributed by atoms with van der Waals surface area (Å²) in [6, 6.07) is 0. The lowest BCUT2D eigenvalue weighted by Crippen LogP contribution is -2.08. The average Bonchev–Trinajstić information content (AvgIpc) is 2.71. The molecule has 2 rings (SSSR count). The molecule has 1 fully saturated rings. The summed E-state index contributed by atoms with van der Waals surface area (Å²) in [5.41, 5.74) is 1.03. The predicted molar refractivity (Wildman–Crippen MR) is 58.6 cm³/mol. The monoisotopic (exact) mass is 259 g/mol. The second kappa shape index (κ2) is 4.14. The van der Waals surface area contributed by atoms with Crippen molar-refractivity contribution >= 4 is 15.8 Å². The maximum absolute atomic E-state index is 11.4. The number of hydrogen-bond donors (Lipinski definition) is 1. The summed E-state index contributed by atoms with van der Waals surface area (Å²) in [5.74, 6) is -0.655. The molecule has 0 spiro atoms. The largest absolute Gasteiger partial charge is 0.481 e. The van der Waals surface area contributed by atoms with Crippen molar-refractivity contribution in [1.82, 2.24) is 5.16 Å². The highest BCUT2D eigenvalue weighted by Crippen LogP contribution is 2.32. The Bertz CT molecular complexity index is 545. The van der Waals surface area contributed by atoms with Gasteiger partial charge in [0.05, 0.1) is 23.6 Å². The van der Waals surface area contributed by atoms with Gasteiger partial charge >= 0.3 is 5.97 Å². The van der Waals surface area contributed by atoms with Crippen LogP contribution in [-0.4, -0.2) is 36.2 Å². The fourth-order valence-electron chi connectivity index (χ4n) is 2.10. The number of hydrogen-bond acceptors (Lipinski definition) is 5. The Kier molecular flexibility index (Phi) is 2.94. The zero-order valence-electron chi connectivity index (χ0n) is 9.34. The van der Waals surface area contributed by atoms with E-state index in [-0.39, 0.29) is 23.8 Å². The van der Waals surface area contributed by atoms with Gasteiger partial charge in [0.15, 0.2) is 9.84 Å². The molecule has 1 aromatic rings. The number of sulfone groups is 1. The molecule has 94 valence electrons. The van der Waals surface area contributed by atoms with Crippen molar-refractivity contribution in [3.05, 3.63) is 17.0 Å².